The molecule has 2 heterocycles. The minimum atomic E-state index is -0.208. The molecule has 0 amide bonds. The van der Waals surface area contributed by atoms with Gasteiger partial charge in [0.25, 0.3) is 0 Å². The molecule has 1 atom stereocenters. The second-order valence-corrected chi connectivity index (χ2v) is 4.34. The van der Waals surface area contributed by atoms with Gasteiger partial charge in [-0.3, -0.25) is 0 Å². The summed E-state index contributed by atoms with van der Waals surface area (Å²) in [6, 6.07) is 11.6. The van der Waals surface area contributed by atoms with Crippen molar-refractivity contribution in [2.75, 3.05) is 0 Å². The van der Waals surface area contributed by atoms with Crippen molar-refractivity contribution in [1.29, 1.82) is 0 Å². The number of cyclic esters (lactones) is 1. The van der Waals surface area contributed by atoms with Crippen molar-refractivity contribution in [3.05, 3.63) is 57.8 Å². The SMILES string of the molecule is O=C1OC(c2ccccc2)c2sccc21. The maximum absolute atomic E-state index is 11.5. The molecule has 0 spiro atoms. The fraction of sp³-hybridized carbons (Fsp3) is 0.0833. The number of benzene rings is 1. The molecular weight excluding hydrogens is 208 g/mol. The van der Waals surface area contributed by atoms with E-state index in [-0.39, 0.29) is 12.1 Å². The molecule has 0 N–H and O–H groups in total. The van der Waals surface area contributed by atoms with Gasteiger partial charge in [-0.15, -0.1) is 11.3 Å². The Balaban J connectivity index is 2.09. The van der Waals surface area contributed by atoms with Gasteiger partial charge < -0.3 is 4.74 Å². The number of esters is 1. The quantitative estimate of drug-likeness (QED) is 0.685. The fourth-order valence-corrected chi connectivity index (χ4v) is 2.70. The zero-order chi connectivity index (χ0) is 10.3. The number of hydrogen-bond acceptors (Lipinski definition) is 3. The normalized spacial score (nSPS) is 18.7. The Morgan fingerprint density at radius 1 is 1.13 bits per heavy atom. The zero-order valence-electron chi connectivity index (χ0n) is 7.84. The summed E-state index contributed by atoms with van der Waals surface area (Å²) < 4.78 is 5.33. The van der Waals surface area contributed by atoms with E-state index < -0.39 is 0 Å². The molecule has 1 aliphatic rings. The predicted molar refractivity (Wildman–Crippen MR) is 58.0 cm³/mol. The third kappa shape index (κ3) is 1.27. The summed E-state index contributed by atoms with van der Waals surface area (Å²) in [4.78, 5) is 12.5. The number of carbonyl (C=O) groups is 1. The lowest BCUT2D eigenvalue weighted by molar-refractivity contribution is 0.0458. The summed E-state index contributed by atoms with van der Waals surface area (Å²) in [7, 11) is 0. The molecule has 0 fully saturated rings. The lowest BCUT2D eigenvalue weighted by atomic mass is 10.1. The number of ether oxygens (including phenoxy) is 1. The van der Waals surface area contributed by atoms with E-state index in [0.29, 0.717) is 5.56 Å². The topological polar surface area (TPSA) is 26.3 Å². The first-order valence-corrected chi connectivity index (χ1v) is 5.57. The molecule has 3 rings (SSSR count). The molecule has 2 aromatic rings. The van der Waals surface area contributed by atoms with Crippen LogP contribution in [-0.2, 0) is 4.74 Å². The number of thiophene rings is 1. The number of hydrogen-bond donors (Lipinski definition) is 0. The molecule has 0 aliphatic carbocycles. The lowest BCUT2D eigenvalue weighted by Crippen LogP contribution is -2.00. The minimum absolute atomic E-state index is 0.200. The van der Waals surface area contributed by atoms with Crippen molar-refractivity contribution in [2.24, 2.45) is 0 Å². The van der Waals surface area contributed by atoms with Gasteiger partial charge in [0, 0.05) is 0 Å². The number of carbonyl (C=O) groups excluding carboxylic acids is 1. The molecule has 74 valence electrons. The highest BCUT2D eigenvalue weighted by molar-refractivity contribution is 7.10. The van der Waals surface area contributed by atoms with Crippen LogP contribution in [0.25, 0.3) is 0 Å². The molecule has 0 saturated carbocycles. The van der Waals surface area contributed by atoms with E-state index in [1.165, 1.54) is 0 Å². The fourth-order valence-electron chi connectivity index (χ4n) is 1.76. The molecule has 0 radical (unpaired) electrons. The van der Waals surface area contributed by atoms with Crippen molar-refractivity contribution in [3.8, 4) is 0 Å². The van der Waals surface area contributed by atoms with E-state index in [4.69, 9.17) is 4.74 Å². The van der Waals surface area contributed by atoms with Crippen LogP contribution in [0.1, 0.15) is 26.9 Å². The van der Waals surface area contributed by atoms with Crippen LogP contribution in [0.3, 0.4) is 0 Å². The summed E-state index contributed by atoms with van der Waals surface area (Å²) in [6.45, 7) is 0. The van der Waals surface area contributed by atoms with Crippen LogP contribution >= 0.6 is 11.3 Å². The average Bonchev–Trinajstić information content (AvgIpc) is 2.84. The highest BCUT2D eigenvalue weighted by atomic mass is 32.1. The number of rotatable bonds is 1. The maximum atomic E-state index is 11.5. The van der Waals surface area contributed by atoms with Crippen LogP contribution < -0.4 is 0 Å². The molecule has 15 heavy (non-hydrogen) atoms. The largest absolute Gasteiger partial charge is 0.448 e. The van der Waals surface area contributed by atoms with Gasteiger partial charge in [-0.25, -0.2) is 4.79 Å². The Bertz CT molecular complexity index is 501. The first-order chi connectivity index (χ1) is 7.36. The van der Waals surface area contributed by atoms with E-state index in [0.717, 1.165) is 10.4 Å². The summed E-state index contributed by atoms with van der Waals surface area (Å²) >= 11 is 1.57. The highest BCUT2D eigenvalue weighted by Crippen LogP contribution is 2.38. The van der Waals surface area contributed by atoms with Crippen LogP contribution in [0.15, 0.2) is 41.8 Å². The Labute approximate surface area is 91.1 Å². The van der Waals surface area contributed by atoms with Gasteiger partial charge in [-0.1, -0.05) is 30.3 Å². The maximum Gasteiger partial charge on any atom is 0.340 e. The Morgan fingerprint density at radius 2 is 1.93 bits per heavy atom. The van der Waals surface area contributed by atoms with Gasteiger partial charge in [0.05, 0.1) is 10.4 Å². The van der Waals surface area contributed by atoms with E-state index >= 15 is 0 Å². The molecule has 1 aromatic carbocycles. The van der Waals surface area contributed by atoms with E-state index in [1.54, 1.807) is 11.3 Å². The minimum Gasteiger partial charge on any atom is -0.448 e. The van der Waals surface area contributed by atoms with Gasteiger partial charge in [-0.05, 0) is 17.0 Å². The van der Waals surface area contributed by atoms with Crippen molar-refractivity contribution >= 4 is 17.3 Å². The number of fused-ring (bicyclic) bond motifs is 1. The Kier molecular flexibility index (Phi) is 1.86. The van der Waals surface area contributed by atoms with Crippen LogP contribution in [-0.4, -0.2) is 5.97 Å². The average molecular weight is 216 g/mol. The molecule has 1 aromatic heterocycles. The van der Waals surface area contributed by atoms with Crippen molar-refractivity contribution in [3.63, 3.8) is 0 Å². The molecule has 2 nitrogen and oxygen atoms in total. The third-order valence-corrected chi connectivity index (χ3v) is 3.44. The summed E-state index contributed by atoms with van der Waals surface area (Å²) in [6.07, 6.45) is -0.200. The molecule has 3 heteroatoms. The zero-order valence-corrected chi connectivity index (χ0v) is 8.66. The lowest BCUT2D eigenvalue weighted by Gasteiger charge is -2.09. The van der Waals surface area contributed by atoms with Crippen molar-refractivity contribution in [2.45, 2.75) is 6.10 Å². The smallest absolute Gasteiger partial charge is 0.340 e. The van der Waals surface area contributed by atoms with Crippen LogP contribution in [0.2, 0.25) is 0 Å². The molecule has 1 unspecified atom stereocenters. The van der Waals surface area contributed by atoms with Gasteiger partial charge in [0.15, 0.2) is 6.10 Å². The monoisotopic (exact) mass is 216 g/mol. The van der Waals surface area contributed by atoms with Gasteiger partial charge in [0.1, 0.15) is 0 Å². The molecular formula is C12H8O2S. The van der Waals surface area contributed by atoms with E-state index in [9.17, 15) is 4.79 Å². The van der Waals surface area contributed by atoms with Crippen molar-refractivity contribution in [1.82, 2.24) is 0 Å². The van der Waals surface area contributed by atoms with Crippen molar-refractivity contribution < 1.29 is 9.53 Å². The Hall–Kier alpha value is -1.61. The van der Waals surface area contributed by atoms with E-state index in [2.05, 4.69) is 0 Å². The summed E-state index contributed by atoms with van der Waals surface area (Å²) in [5, 5.41) is 1.93. The second-order valence-electron chi connectivity index (χ2n) is 3.39. The summed E-state index contributed by atoms with van der Waals surface area (Å²) in [5.74, 6) is -0.208. The molecule has 0 saturated heterocycles. The first kappa shape index (κ1) is 8.68. The predicted octanol–water partition coefficient (Wildman–Crippen LogP) is 3.01. The van der Waals surface area contributed by atoms with Crippen LogP contribution in [0.4, 0.5) is 0 Å². The molecule has 1 aliphatic heterocycles. The van der Waals surface area contributed by atoms with Crippen LogP contribution in [0, 0.1) is 0 Å². The van der Waals surface area contributed by atoms with Crippen LogP contribution in [0.5, 0.6) is 0 Å². The third-order valence-electron chi connectivity index (χ3n) is 2.48. The molecule has 0 bridgehead atoms. The van der Waals surface area contributed by atoms with Gasteiger partial charge in [-0.2, -0.15) is 0 Å². The van der Waals surface area contributed by atoms with Gasteiger partial charge in [0.2, 0.25) is 0 Å². The highest BCUT2D eigenvalue weighted by Gasteiger charge is 2.33. The van der Waals surface area contributed by atoms with E-state index in [1.807, 2.05) is 41.8 Å². The second kappa shape index (κ2) is 3.21. The standard InChI is InChI=1S/C12H8O2S/c13-12-9-6-7-15-11(9)10(14-12)8-4-2-1-3-5-8/h1-7,10H. The Morgan fingerprint density at radius 3 is 2.73 bits per heavy atom. The van der Waals surface area contributed by atoms with Gasteiger partial charge >= 0.3 is 5.97 Å². The summed E-state index contributed by atoms with van der Waals surface area (Å²) in [5.41, 5.74) is 1.75. The first-order valence-electron chi connectivity index (χ1n) is 4.69.